The zero-order valence-corrected chi connectivity index (χ0v) is 17.1. The Kier molecular flexibility index (Phi) is 5.90. The van der Waals surface area contributed by atoms with E-state index in [1.165, 1.54) is 5.56 Å². The molecule has 1 aliphatic carbocycles. The van der Waals surface area contributed by atoms with Crippen LogP contribution < -0.4 is 10.1 Å². The van der Waals surface area contributed by atoms with Crippen LogP contribution in [-0.4, -0.2) is 31.6 Å². The number of benzene rings is 2. The average Bonchev–Trinajstić information content (AvgIpc) is 2.77. The van der Waals surface area contributed by atoms with Gasteiger partial charge >= 0.3 is 0 Å². The Balaban J connectivity index is 1.27. The van der Waals surface area contributed by atoms with Crippen molar-refractivity contribution in [3.05, 3.63) is 66.2 Å². The summed E-state index contributed by atoms with van der Waals surface area (Å²) in [5, 5.41) is 3.59. The van der Waals surface area contributed by atoms with Crippen molar-refractivity contribution in [3.63, 3.8) is 0 Å². The Morgan fingerprint density at radius 2 is 1.76 bits per heavy atom. The van der Waals surface area contributed by atoms with Crippen molar-refractivity contribution in [2.45, 2.75) is 50.5 Å². The van der Waals surface area contributed by atoms with Gasteiger partial charge < -0.3 is 14.8 Å². The first-order chi connectivity index (χ1) is 14.1. The molecule has 154 valence electrons. The van der Waals surface area contributed by atoms with Crippen LogP contribution in [0, 0.1) is 6.92 Å². The van der Waals surface area contributed by atoms with E-state index in [0.29, 0.717) is 12.6 Å². The lowest BCUT2D eigenvalue weighted by Crippen LogP contribution is -2.49. The third-order valence-electron chi connectivity index (χ3n) is 5.83. The lowest BCUT2D eigenvalue weighted by molar-refractivity contribution is -0.483. The average molecular weight is 395 g/mol. The first kappa shape index (κ1) is 20.0. The summed E-state index contributed by atoms with van der Waals surface area (Å²) in [5.41, 5.74) is 4.26. The molecule has 1 heterocycles. The molecule has 1 saturated carbocycles. The molecule has 0 radical (unpaired) electrons. The number of hydrogen-bond donors (Lipinski definition) is 1. The van der Waals surface area contributed by atoms with Gasteiger partial charge in [0.15, 0.2) is 0 Å². The fourth-order valence-corrected chi connectivity index (χ4v) is 3.89. The number of anilines is 1. The molecule has 5 nitrogen and oxygen atoms in total. The van der Waals surface area contributed by atoms with E-state index in [0.717, 1.165) is 48.3 Å². The quantitative estimate of drug-likeness (QED) is 0.713. The maximum absolute atomic E-state index is 6.16. The van der Waals surface area contributed by atoms with Crippen molar-refractivity contribution < 1.29 is 19.2 Å². The second-order valence-corrected chi connectivity index (χ2v) is 7.93. The van der Waals surface area contributed by atoms with Gasteiger partial charge in [-0.25, -0.2) is 9.78 Å². The van der Waals surface area contributed by atoms with Gasteiger partial charge in [0.2, 0.25) is 5.79 Å². The Bertz CT molecular complexity index is 813. The summed E-state index contributed by atoms with van der Waals surface area (Å²) in [4.78, 5) is 11.5. The lowest BCUT2D eigenvalue weighted by atomic mass is 9.89. The Morgan fingerprint density at radius 3 is 2.34 bits per heavy atom. The molecule has 1 aliphatic heterocycles. The van der Waals surface area contributed by atoms with E-state index in [2.05, 4.69) is 43.1 Å². The van der Waals surface area contributed by atoms with Crippen molar-refractivity contribution in [1.82, 2.24) is 0 Å². The van der Waals surface area contributed by atoms with Crippen molar-refractivity contribution in [3.8, 4) is 5.75 Å². The summed E-state index contributed by atoms with van der Waals surface area (Å²) in [7, 11) is 1.68. The first-order valence-corrected chi connectivity index (χ1v) is 10.2. The number of ether oxygens (including phenoxy) is 2. The van der Waals surface area contributed by atoms with Gasteiger partial charge in [0, 0.05) is 24.6 Å². The second-order valence-electron chi connectivity index (χ2n) is 7.93. The number of hydrogen-bond acceptors (Lipinski definition) is 5. The molecule has 0 aromatic heterocycles. The third-order valence-corrected chi connectivity index (χ3v) is 5.83. The molecule has 29 heavy (non-hydrogen) atoms. The monoisotopic (exact) mass is 395 g/mol. The van der Waals surface area contributed by atoms with Crippen molar-refractivity contribution in [1.29, 1.82) is 0 Å². The maximum Gasteiger partial charge on any atom is 0.201 e. The SMILES string of the molecule is C=C(c1ccc(C)cc1)C1COC2(CCC(Nc3ccc(OC)cc3)CC2)OO1. The molecule has 1 unspecified atom stereocenters. The van der Waals surface area contributed by atoms with Crippen molar-refractivity contribution in [2.75, 3.05) is 19.0 Å². The van der Waals surface area contributed by atoms with Crippen LogP contribution in [0.1, 0.15) is 36.8 Å². The highest BCUT2D eigenvalue weighted by Gasteiger charge is 2.43. The van der Waals surface area contributed by atoms with E-state index in [-0.39, 0.29) is 6.10 Å². The topological polar surface area (TPSA) is 49.0 Å². The second kappa shape index (κ2) is 8.57. The maximum atomic E-state index is 6.16. The van der Waals surface area contributed by atoms with Crippen LogP contribution in [0.3, 0.4) is 0 Å². The van der Waals surface area contributed by atoms with Crippen LogP contribution in [0.15, 0.2) is 55.1 Å². The molecule has 1 N–H and O–H groups in total. The van der Waals surface area contributed by atoms with Crippen LogP contribution in [0.2, 0.25) is 0 Å². The summed E-state index contributed by atoms with van der Waals surface area (Å²) in [6.45, 7) is 6.71. The summed E-state index contributed by atoms with van der Waals surface area (Å²) in [5.74, 6) is 0.225. The fourth-order valence-electron chi connectivity index (χ4n) is 3.89. The van der Waals surface area contributed by atoms with Crippen LogP contribution in [0.25, 0.3) is 5.57 Å². The first-order valence-electron chi connectivity index (χ1n) is 10.2. The minimum atomic E-state index is -0.637. The Hall–Kier alpha value is -2.34. The highest BCUT2D eigenvalue weighted by atomic mass is 17.2. The van der Waals surface area contributed by atoms with Crippen LogP contribution in [0.4, 0.5) is 5.69 Å². The molecule has 0 amide bonds. The fraction of sp³-hybridized carbons (Fsp3) is 0.417. The molecule has 1 saturated heterocycles. The van der Waals surface area contributed by atoms with Gasteiger partial charge in [-0.1, -0.05) is 36.4 Å². The van der Waals surface area contributed by atoms with E-state index >= 15 is 0 Å². The Morgan fingerprint density at radius 1 is 1.07 bits per heavy atom. The molecule has 5 heteroatoms. The predicted molar refractivity (Wildman–Crippen MR) is 114 cm³/mol. The molecule has 2 aromatic rings. The molecule has 1 atom stereocenters. The Labute approximate surface area is 172 Å². The largest absolute Gasteiger partial charge is 0.497 e. The van der Waals surface area contributed by atoms with Gasteiger partial charge in [-0.15, -0.1) is 0 Å². The standard InChI is InChI=1S/C24H29NO4/c1-17-4-6-19(7-5-17)18(2)23-16-27-24(29-28-23)14-12-21(13-15-24)25-20-8-10-22(26-3)11-9-20/h4-11,21,23,25H,2,12-16H2,1,3H3. The summed E-state index contributed by atoms with van der Waals surface area (Å²) >= 11 is 0. The van der Waals surface area contributed by atoms with E-state index < -0.39 is 5.79 Å². The van der Waals surface area contributed by atoms with Gasteiger partial charge in [-0.05, 0) is 55.2 Å². The van der Waals surface area contributed by atoms with Crippen molar-refractivity contribution in [2.24, 2.45) is 0 Å². The van der Waals surface area contributed by atoms with Gasteiger partial charge in [-0.2, -0.15) is 0 Å². The molecule has 2 fully saturated rings. The molecular formula is C24H29NO4. The molecule has 2 aromatic carbocycles. The number of methoxy groups -OCH3 is 1. The van der Waals surface area contributed by atoms with Crippen LogP contribution >= 0.6 is 0 Å². The van der Waals surface area contributed by atoms with Gasteiger partial charge in [-0.3, -0.25) is 0 Å². The zero-order chi connectivity index (χ0) is 20.3. The number of nitrogens with one attached hydrogen (secondary N) is 1. The van der Waals surface area contributed by atoms with Gasteiger partial charge in [0.1, 0.15) is 11.9 Å². The smallest absolute Gasteiger partial charge is 0.201 e. The lowest BCUT2D eigenvalue weighted by Gasteiger charge is -2.43. The van der Waals surface area contributed by atoms with Crippen LogP contribution in [-0.2, 0) is 14.5 Å². The normalized spacial score (nSPS) is 26.8. The molecule has 0 bridgehead atoms. The van der Waals surface area contributed by atoms with E-state index in [1.54, 1.807) is 7.11 Å². The van der Waals surface area contributed by atoms with Crippen molar-refractivity contribution >= 4 is 11.3 Å². The predicted octanol–water partition coefficient (Wildman–Crippen LogP) is 5.11. The zero-order valence-electron chi connectivity index (χ0n) is 17.1. The summed E-state index contributed by atoms with van der Waals surface area (Å²) in [6.07, 6.45) is 3.23. The van der Waals surface area contributed by atoms with E-state index in [1.807, 2.05) is 24.3 Å². The third kappa shape index (κ3) is 4.64. The highest BCUT2D eigenvalue weighted by Crippen LogP contribution is 2.38. The molecule has 2 aliphatic rings. The summed E-state index contributed by atoms with van der Waals surface area (Å²) in [6, 6.07) is 16.7. The molecular weight excluding hydrogens is 366 g/mol. The molecule has 4 rings (SSSR count). The van der Waals surface area contributed by atoms with Crippen LogP contribution in [0.5, 0.6) is 5.75 Å². The number of rotatable bonds is 5. The van der Waals surface area contributed by atoms with E-state index in [4.69, 9.17) is 19.2 Å². The van der Waals surface area contributed by atoms with E-state index in [9.17, 15) is 0 Å². The van der Waals surface area contributed by atoms with Gasteiger partial charge in [0.05, 0.1) is 13.7 Å². The summed E-state index contributed by atoms with van der Waals surface area (Å²) < 4.78 is 11.4. The minimum absolute atomic E-state index is 0.279. The minimum Gasteiger partial charge on any atom is -0.497 e. The molecule has 1 spiro atoms. The highest BCUT2D eigenvalue weighted by molar-refractivity contribution is 5.67. The van der Waals surface area contributed by atoms with Gasteiger partial charge in [0.25, 0.3) is 0 Å². The number of aryl methyl sites for hydroxylation is 1.